The second-order valence-corrected chi connectivity index (χ2v) is 7.73. The van der Waals surface area contributed by atoms with Gasteiger partial charge in [-0.05, 0) is 60.9 Å². The van der Waals surface area contributed by atoms with Gasteiger partial charge in [0.05, 0.1) is 11.8 Å². The lowest BCUT2D eigenvalue weighted by Crippen LogP contribution is -2.11. The maximum Gasteiger partial charge on any atom is 0.307 e. The minimum Gasteiger partial charge on any atom is -0.481 e. The van der Waals surface area contributed by atoms with Crippen LogP contribution < -0.4 is 10.7 Å². The number of carboxylic acid groups (broad SMARTS) is 1. The number of aliphatic carboxylic acids is 1. The number of fused-ring (bicyclic) bond motifs is 1. The molecule has 1 heterocycles. The summed E-state index contributed by atoms with van der Waals surface area (Å²) in [4.78, 5) is 35.9. The molecule has 0 saturated carbocycles. The first-order valence-corrected chi connectivity index (χ1v) is 10.1. The second-order valence-electron chi connectivity index (χ2n) is 7.73. The molecule has 0 aliphatic rings. The molecule has 0 spiro atoms. The molecule has 6 nitrogen and oxygen atoms in total. The highest BCUT2D eigenvalue weighted by molar-refractivity contribution is 6.04. The Hall–Kier alpha value is -4.19. The van der Waals surface area contributed by atoms with Gasteiger partial charge >= 0.3 is 5.97 Å². The van der Waals surface area contributed by atoms with Gasteiger partial charge in [-0.15, -0.1) is 0 Å². The van der Waals surface area contributed by atoms with Crippen LogP contribution in [0.1, 0.15) is 27.0 Å². The third kappa shape index (κ3) is 4.44. The zero-order chi connectivity index (χ0) is 22.8. The lowest BCUT2D eigenvalue weighted by molar-refractivity contribution is -0.136. The van der Waals surface area contributed by atoms with Crippen molar-refractivity contribution in [2.75, 3.05) is 5.32 Å². The summed E-state index contributed by atoms with van der Waals surface area (Å²) in [5.41, 5.74) is 4.71. The zero-order valence-electron chi connectivity index (χ0n) is 17.6. The Morgan fingerprint density at radius 2 is 1.62 bits per heavy atom. The molecule has 0 aliphatic carbocycles. The van der Waals surface area contributed by atoms with Gasteiger partial charge in [-0.2, -0.15) is 0 Å². The average molecular weight is 427 g/mol. The average Bonchev–Trinajstić information content (AvgIpc) is 2.75. The van der Waals surface area contributed by atoms with E-state index in [9.17, 15) is 14.4 Å². The molecule has 0 unspecified atom stereocenters. The zero-order valence-corrected chi connectivity index (χ0v) is 17.6. The molecule has 0 fully saturated rings. The van der Waals surface area contributed by atoms with Crippen LogP contribution in [0.4, 0.5) is 5.69 Å². The van der Waals surface area contributed by atoms with Gasteiger partial charge in [0, 0.05) is 22.9 Å². The van der Waals surface area contributed by atoms with Crippen LogP contribution >= 0.6 is 0 Å². The summed E-state index contributed by atoms with van der Waals surface area (Å²) in [6.07, 6.45) is -0.0697. The molecule has 1 amide bonds. The molecule has 0 bridgehead atoms. The van der Waals surface area contributed by atoms with E-state index < -0.39 is 5.97 Å². The molecule has 0 atom stereocenters. The number of hydrogen-bond donors (Lipinski definition) is 2. The van der Waals surface area contributed by atoms with Gasteiger partial charge in [0.1, 0.15) is 11.3 Å². The summed E-state index contributed by atoms with van der Waals surface area (Å²) >= 11 is 0. The number of rotatable bonds is 5. The van der Waals surface area contributed by atoms with Crippen molar-refractivity contribution < 1.29 is 19.1 Å². The third-order valence-electron chi connectivity index (χ3n) is 5.16. The van der Waals surface area contributed by atoms with Crippen molar-refractivity contribution in [2.45, 2.75) is 20.3 Å². The molecule has 3 aromatic carbocycles. The van der Waals surface area contributed by atoms with Gasteiger partial charge < -0.3 is 14.8 Å². The molecule has 160 valence electrons. The molecular weight excluding hydrogens is 406 g/mol. The number of hydrogen-bond acceptors (Lipinski definition) is 4. The van der Waals surface area contributed by atoms with E-state index in [2.05, 4.69) is 5.32 Å². The molecule has 4 rings (SSSR count). The summed E-state index contributed by atoms with van der Waals surface area (Å²) in [5.74, 6) is -0.765. The van der Waals surface area contributed by atoms with Crippen molar-refractivity contribution in [1.29, 1.82) is 0 Å². The van der Waals surface area contributed by atoms with E-state index in [1.54, 1.807) is 48.5 Å². The molecule has 0 saturated heterocycles. The van der Waals surface area contributed by atoms with Crippen molar-refractivity contribution in [3.8, 4) is 11.3 Å². The first kappa shape index (κ1) is 21.1. The minimum atomic E-state index is -0.908. The Kier molecular flexibility index (Phi) is 5.60. The Morgan fingerprint density at radius 1 is 0.938 bits per heavy atom. The quantitative estimate of drug-likeness (QED) is 0.469. The third-order valence-corrected chi connectivity index (χ3v) is 5.16. The van der Waals surface area contributed by atoms with Gasteiger partial charge in [-0.3, -0.25) is 14.4 Å². The Balaban J connectivity index is 1.55. The largest absolute Gasteiger partial charge is 0.481 e. The van der Waals surface area contributed by atoms with E-state index in [0.29, 0.717) is 39.1 Å². The van der Waals surface area contributed by atoms with Crippen LogP contribution in [0.2, 0.25) is 0 Å². The van der Waals surface area contributed by atoms with Gasteiger partial charge in [0.25, 0.3) is 5.91 Å². The standard InChI is InChI=1S/C26H21NO5/c1-15-11-16(2)25-21(12-15)22(28)14-23(32-25)18-5-7-19(8-6-18)26(31)27-20-9-3-17(4-10-20)13-24(29)30/h3-12,14H,13H2,1-2H3,(H,27,31)(H,29,30). The van der Waals surface area contributed by atoms with Gasteiger partial charge in [0.15, 0.2) is 5.43 Å². The van der Waals surface area contributed by atoms with Crippen molar-refractivity contribution in [2.24, 2.45) is 0 Å². The lowest BCUT2D eigenvalue weighted by Gasteiger charge is -2.08. The molecule has 32 heavy (non-hydrogen) atoms. The van der Waals surface area contributed by atoms with E-state index in [-0.39, 0.29) is 17.8 Å². The van der Waals surface area contributed by atoms with E-state index in [1.165, 1.54) is 6.07 Å². The number of nitrogens with one attached hydrogen (secondary N) is 1. The molecule has 1 aromatic heterocycles. The Bertz CT molecular complexity index is 1380. The predicted octanol–water partition coefficient (Wildman–Crippen LogP) is 4.96. The van der Waals surface area contributed by atoms with E-state index in [1.807, 2.05) is 26.0 Å². The van der Waals surface area contributed by atoms with Crippen LogP contribution in [0, 0.1) is 13.8 Å². The monoisotopic (exact) mass is 427 g/mol. The molecular formula is C26H21NO5. The molecule has 6 heteroatoms. The number of carbonyl (C=O) groups is 2. The van der Waals surface area contributed by atoms with Crippen molar-refractivity contribution in [3.05, 3.63) is 99.2 Å². The molecule has 0 aliphatic heterocycles. The number of carbonyl (C=O) groups excluding carboxylic acids is 1. The van der Waals surface area contributed by atoms with Crippen molar-refractivity contribution >= 4 is 28.5 Å². The topological polar surface area (TPSA) is 96.6 Å². The minimum absolute atomic E-state index is 0.0697. The fourth-order valence-corrected chi connectivity index (χ4v) is 3.62. The smallest absolute Gasteiger partial charge is 0.307 e. The van der Waals surface area contributed by atoms with Crippen LogP contribution in [0.3, 0.4) is 0 Å². The highest BCUT2D eigenvalue weighted by atomic mass is 16.4. The Labute approximate surface area is 184 Å². The summed E-state index contributed by atoms with van der Waals surface area (Å²) in [5, 5.41) is 12.2. The fraction of sp³-hybridized carbons (Fsp3) is 0.115. The maximum atomic E-state index is 12.6. The highest BCUT2D eigenvalue weighted by Crippen LogP contribution is 2.25. The van der Waals surface area contributed by atoms with Crippen molar-refractivity contribution in [1.82, 2.24) is 0 Å². The van der Waals surface area contributed by atoms with Crippen LogP contribution in [-0.4, -0.2) is 17.0 Å². The number of amides is 1. The predicted molar refractivity (Wildman–Crippen MR) is 123 cm³/mol. The Morgan fingerprint density at radius 3 is 2.28 bits per heavy atom. The molecule has 4 aromatic rings. The van der Waals surface area contributed by atoms with Crippen LogP contribution in [0.25, 0.3) is 22.3 Å². The molecule has 0 radical (unpaired) electrons. The summed E-state index contributed by atoms with van der Waals surface area (Å²) in [7, 11) is 0. The normalized spacial score (nSPS) is 10.8. The van der Waals surface area contributed by atoms with E-state index in [0.717, 1.165) is 11.1 Å². The second kappa shape index (κ2) is 8.51. The molecule has 2 N–H and O–H groups in total. The van der Waals surface area contributed by atoms with Crippen molar-refractivity contribution in [3.63, 3.8) is 0 Å². The van der Waals surface area contributed by atoms with Gasteiger partial charge in [-0.25, -0.2) is 0 Å². The summed E-state index contributed by atoms with van der Waals surface area (Å²) < 4.78 is 6.01. The van der Waals surface area contributed by atoms with Crippen LogP contribution in [0.15, 0.2) is 75.9 Å². The highest BCUT2D eigenvalue weighted by Gasteiger charge is 2.12. The van der Waals surface area contributed by atoms with Gasteiger partial charge in [0.2, 0.25) is 0 Å². The summed E-state index contributed by atoms with van der Waals surface area (Å²) in [6.45, 7) is 3.84. The number of aryl methyl sites for hydroxylation is 2. The van der Waals surface area contributed by atoms with Crippen LogP contribution in [0.5, 0.6) is 0 Å². The van der Waals surface area contributed by atoms with E-state index in [4.69, 9.17) is 9.52 Å². The first-order valence-electron chi connectivity index (χ1n) is 10.1. The number of anilines is 1. The van der Waals surface area contributed by atoms with Crippen LogP contribution in [-0.2, 0) is 11.2 Å². The summed E-state index contributed by atoms with van der Waals surface area (Å²) in [6, 6.07) is 18.7. The van der Waals surface area contributed by atoms with E-state index >= 15 is 0 Å². The number of carboxylic acids is 1. The first-order chi connectivity index (χ1) is 15.3. The lowest BCUT2D eigenvalue weighted by atomic mass is 10.1. The fourth-order valence-electron chi connectivity index (χ4n) is 3.62. The SMILES string of the molecule is Cc1cc(C)c2oc(-c3ccc(C(=O)Nc4ccc(CC(=O)O)cc4)cc3)cc(=O)c2c1. The van der Waals surface area contributed by atoms with Gasteiger partial charge in [-0.1, -0.05) is 30.3 Å². The maximum absolute atomic E-state index is 12.6. The number of benzene rings is 3.